The molecule has 184 valence electrons. The van der Waals surface area contributed by atoms with E-state index in [1.165, 1.54) is 12.1 Å². The van der Waals surface area contributed by atoms with Crippen LogP contribution in [0.3, 0.4) is 0 Å². The van der Waals surface area contributed by atoms with Gasteiger partial charge in [0.05, 0.1) is 22.0 Å². The summed E-state index contributed by atoms with van der Waals surface area (Å²) in [5.41, 5.74) is 6.04. The van der Waals surface area contributed by atoms with Gasteiger partial charge in [-0.1, -0.05) is 86.1 Å². The van der Waals surface area contributed by atoms with E-state index in [4.69, 9.17) is 11.6 Å². The van der Waals surface area contributed by atoms with E-state index in [2.05, 4.69) is 23.7 Å². The normalized spacial score (nSPS) is 11.1. The lowest BCUT2D eigenvalue weighted by molar-refractivity contribution is 0.102. The topological polar surface area (TPSA) is 34.0 Å². The SMILES string of the molecule is CC(C)c1c(C(=O)Nc2ccccc2)c(-c2ccccc2)c(-c2ccc(F)cc2)n1-c1ccccc1Cl. The number of nitrogens with one attached hydrogen (secondary N) is 1. The smallest absolute Gasteiger partial charge is 0.258 e. The standard InChI is InChI=1S/C32H26ClFN2O/c1-21(2)30-29(32(37)35-25-13-7-4-8-14-25)28(22-11-5-3-6-12-22)31(23-17-19-24(34)20-18-23)36(30)27-16-10-9-15-26(27)33/h3-21H,1-2H3,(H,35,37). The van der Waals surface area contributed by atoms with Crippen LogP contribution < -0.4 is 5.32 Å². The van der Waals surface area contributed by atoms with E-state index >= 15 is 0 Å². The molecule has 0 spiro atoms. The molecule has 5 heteroatoms. The van der Waals surface area contributed by atoms with Crippen molar-refractivity contribution in [2.24, 2.45) is 0 Å². The number of halogens is 2. The summed E-state index contributed by atoms with van der Waals surface area (Å²) in [4.78, 5) is 14.1. The van der Waals surface area contributed by atoms with Crippen LogP contribution in [-0.4, -0.2) is 10.5 Å². The highest BCUT2D eigenvalue weighted by Crippen LogP contribution is 2.45. The van der Waals surface area contributed by atoms with Gasteiger partial charge in [-0.15, -0.1) is 0 Å². The third kappa shape index (κ3) is 4.81. The lowest BCUT2D eigenvalue weighted by atomic mass is 9.94. The van der Waals surface area contributed by atoms with Crippen LogP contribution in [0.4, 0.5) is 10.1 Å². The second-order valence-corrected chi connectivity index (χ2v) is 9.53. The molecule has 5 rings (SSSR count). The van der Waals surface area contributed by atoms with Gasteiger partial charge in [-0.2, -0.15) is 0 Å². The number of nitrogens with zero attached hydrogens (tertiary/aromatic N) is 1. The van der Waals surface area contributed by atoms with Gasteiger partial charge in [0.1, 0.15) is 5.82 Å². The molecular weight excluding hydrogens is 483 g/mol. The fourth-order valence-corrected chi connectivity index (χ4v) is 4.95. The number of aromatic nitrogens is 1. The van der Waals surface area contributed by atoms with Crippen LogP contribution in [0.15, 0.2) is 109 Å². The van der Waals surface area contributed by atoms with Crippen molar-refractivity contribution in [3.05, 3.63) is 131 Å². The van der Waals surface area contributed by atoms with Crippen molar-refractivity contribution in [1.82, 2.24) is 4.57 Å². The minimum atomic E-state index is -0.327. The Labute approximate surface area is 221 Å². The molecule has 0 fully saturated rings. The van der Waals surface area contributed by atoms with Crippen LogP contribution in [0.5, 0.6) is 0 Å². The van der Waals surface area contributed by atoms with E-state index in [-0.39, 0.29) is 17.6 Å². The van der Waals surface area contributed by atoms with E-state index in [1.807, 2.05) is 84.9 Å². The van der Waals surface area contributed by atoms with Crippen molar-refractivity contribution in [2.75, 3.05) is 5.32 Å². The lowest BCUT2D eigenvalue weighted by Crippen LogP contribution is -2.16. The maximum absolute atomic E-state index is 14.1. The Balaban J connectivity index is 1.91. The molecule has 0 saturated heterocycles. The second-order valence-electron chi connectivity index (χ2n) is 9.12. The van der Waals surface area contributed by atoms with Gasteiger partial charge in [-0.3, -0.25) is 4.79 Å². The summed E-state index contributed by atoms with van der Waals surface area (Å²) in [7, 11) is 0. The molecule has 3 nitrogen and oxygen atoms in total. The van der Waals surface area contributed by atoms with Gasteiger partial charge in [-0.05, 0) is 65.6 Å². The summed E-state index contributed by atoms with van der Waals surface area (Å²) in [6.07, 6.45) is 0. The highest BCUT2D eigenvalue weighted by atomic mass is 35.5. The molecular formula is C32H26ClFN2O. The zero-order valence-corrected chi connectivity index (χ0v) is 21.3. The third-order valence-electron chi connectivity index (χ3n) is 6.29. The Bertz CT molecular complexity index is 1540. The molecule has 1 aromatic heterocycles. The average molecular weight is 509 g/mol. The first-order chi connectivity index (χ1) is 18.0. The molecule has 0 aliphatic heterocycles. The van der Waals surface area contributed by atoms with Crippen LogP contribution >= 0.6 is 11.6 Å². The first kappa shape index (κ1) is 24.5. The number of hydrogen-bond acceptors (Lipinski definition) is 1. The lowest BCUT2D eigenvalue weighted by Gasteiger charge is -2.18. The molecule has 1 heterocycles. The van der Waals surface area contributed by atoms with Crippen LogP contribution in [0.25, 0.3) is 28.1 Å². The van der Waals surface area contributed by atoms with Crippen LogP contribution in [0.1, 0.15) is 35.8 Å². The largest absolute Gasteiger partial charge is 0.322 e. The minimum absolute atomic E-state index is 0.0375. The fourth-order valence-electron chi connectivity index (χ4n) is 4.73. The Hall–Kier alpha value is -4.15. The van der Waals surface area contributed by atoms with E-state index in [9.17, 15) is 9.18 Å². The number of amides is 1. The van der Waals surface area contributed by atoms with Crippen molar-refractivity contribution in [2.45, 2.75) is 19.8 Å². The first-order valence-corrected chi connectivity index (χ1v) is 12.5. The van der Waals surface area contributed by atoms with Crippen molar-refractivity contribution in [3.8, 4) is 28.1 Å². The number of rotatable bonds is 6. The van der Waals surface area contributed by atoms with E-state index < -0.39 is 0 Å². The summed E-state index contributed by atoms with van der Waals surface area (Å²) in [6, 6.07) is 33.2. The maximum Gasteiger partial charge on any atom is 0.258 e. The molecule has 0 atom stereocenters. The predicted octanol–water partition coefficient (Wildman–Crippen LogP) is 8.98. The maximum atomic E-state index is 14.1. The average Bonchev–Trinajstić information content (AvgIpc) is 3.27. The molecule has 0 bridgehead atoms. The molecule has 0 aliphatic rings. The van der Waals surface area contributed by atoms with Gasteiger partial charge in [0.15, 0.2) is 0 Å². The highest BCUT2D eigenvalue weighted by Gasteiger charge is 2.31. The van der Waals surface area contributed by atoms with Crippen molar-refractivity contribution < 1.29 is 9.18 Å². The molecule has 1 N–H and O–H groups in total. The molecule has 0 aliphatic carbocycles. The number of anilines is 1. The highest BCUT2D eigenvalue weighted by molar-refractivity contribution is 6.32. The minimum Gasteiger partial charge on any atom is -0.322 e. The molecule has 0 unspecified atom stereocenters. The van der Waals surface area contributed by atoms with E-state index in [0.29, 0.717) is 16.3 Å². The van der Waals surface area contributed by atoms with E-state index in [0.717, 1.165) is 33.8 Å². The number of carbonyl (C=O) groups excluding carboxylic acids is 1. The van der Waals surface area contributed by atoms with Gasteiger partial charge in [-0.25, -0.2) is 4.39 Å². The Kier molecular flexibility index (Phi) is 6.93. The molecule has 0 saturated carbocycles. The van der Waals surface area contributed by atoms with Gasteiger partial charge in [0, 0.05) is 16.9 Å². The fraction of sp³-hybridized carbons (Fsp3) is 0.0938. The number of para-hydroxylation sites is 2. The van der Waals surface area contributed by atoms with Gasteiger partial charge < -0.3 is 9.88 Å². The van der Waals surface area contributed by atoms with Gasteiger partial charge in [0.25, 0.3) is 5.91 Å². The van der Waals surface area contributed by atoms with Crippen LogP contribution in [-0.2, 0) is 0 Å². The predicted molar refractivity (Wildman–Crippen MR) is 150 cm³/mol. The number of benzene rings is 4. The third-order valence-corrected chi connectivity index (χ3v) is 6.61. The Morgan fingerprint density at radius 2 is 1.38 bits per heavy atom. The zero-order valence-electron chi connectivity index (χ0n) is 20.6. The van der Waals surface area contributed by atoms with Crippen molar-refractivity contribution in [1.29, 1.82) is 0 Å². The molecule has 4 aromatic carbocycles. The first-order valence-electron chi connectivity index (χ1n) is 12.2. The van der Waals surface area contributed by atoms with Crippen molar-refractivity contribution in [3.63, 3.8) is 0 Å². The number of carbonyl (C=O) groups is 1. The Morgan fingerprint density at radius 3 is 2.00 bits per heavy atom. The van der Waals surface area contributed by atoms with Crippen LogP contribution in [0.2, 0.25) is 5.02 Å². The Morgan fingerprint density at radius 1 is 0.784 bits per heavy atom. The van der Waals surface area contributed by atoms with Crippen molar-refractivity contribution >= 4 is 23.2 Å². The molecule has 0 radical (unpaired) electrons. The molecule has 1 amide bonds. The summed E-state index contributed by atoms with van der Waals surface area (Å²) in [6.45, 7) is 4.12. The summed E-state index contributed by atoms with van der Waals surface area (Å²) >= 11 is 6.76. The molecule has 37 heavy (non-hydrogen) atoms. The van der Waals surface area contributed by atoms with Crippen LogP contribution in [0, 0.1) is 5.82 Å². The summed E-state index contributed by atoms with van der Waals surface area (Å²) < 4.78 is 16.1. The quantitative estimate of drug-likeness (QED) is 0.244. The molecule has 5 aromatic rings. The summed E-state index contributed by atoms with van der Waals surface area (Å²) in [5, 5.41) is 3.64. The van der Waals surface area contributed by atoms with Gasteiger partial charge >= 0.3 is 0 Å². The monoisotopic (exact) mass is 508 g/mol. The number of hydrogen-bond donors (Lipinski definition) is 1. The zero-order chi connectivity index (χ0) is 25.9. The van der Waals surface area contributed by atoms with E-state index in [1.54, 1.807) is 12.1 Å². The second kappa shape index (κ2) is 10.5. The summed E-state index contributed by atoms with van der Waals surface area (Å²) in [5.74, 6) is -0.584. The van der Waals surface area contributed by atoms with Gasteiger partial charge in [0.2, 0.25) is 0 Å².